The van der Waals surface area contributed by atoms with Gasteiger partial charge in [-0.05, 0) is 42.8 Å². The van der Waals surface area contributed by atoms with E-state index in [-0.39, 0.29) is 5.66 Å². The summed E-state index contributed by atoms with van der Waals surface area (Å²) < 4.78 is 5.34. The number of rotatable bonds is 3. The molecule has 3 heteroatoms. The van der Waals surface area contributed by atoms with Crippen LogP contribution in [0.4, 0.5) is 5.69 Å². The number of furan rings is 1. The first-order chi connectivity index (χ1) is 8.81. The van der Waals surface area contributed by atoms with Gasteiger partial charge < -0.3 is 9.73 Å². The lowest BCUT2D eigenvalue weighted by Gasteiger charge is -2.31. The van der Waals surface area contributed by atoms with Crippen LogP contribution in [0.2, 0.25) is 0 Å². The topological polar surface area (TPSA) is 29.5 Å². The molecule has 1 fully saturated rings. The van der Waals surface area contributed by atoms with E-state index in [1.807, 2.05) is 36.4 Å². The maximum atomic E-state index is 7.26. The molecular formula is C15H14N2O. The fraction of sp³-hybridized carbons (Fsp3) is 0.267. The van der Waals surface area contributed by atoms with Gasteiger partial charge in [0.15, 0.2) is 0 Å². The minimum absolute atomic E-state index is 0.355. The van der Waals surface area contributed by atoms with E-state index < -0.39 is 0 Å². The van der Waals surface area contributed by atoms with Crippen molar-refractivity contribution < 1.29 is 4.42 Å². The highest BCUT2D eigenvalue weighted by atomic mass is 16.3. The van der Waals surface area contributed by atoms with Crippen LogP contribution in [0.25, 0.3) is 16.2 Å². The fourth-order valence-corrected chi connectivity index (χ4v) is 2.21. The third kappa shape index (κ3) is 1.86. The third-order valence-electron chi connectivity index (χ3n) is 3.46. The van der Waals surface area contributed by atoms with Gasteiger partial charge in [0.25, 0.3) is 0 Å². The molecule has 0 spiro atoms. The zero-order chi connectivity index (χ0) is 12.4. The van der Waals surface area contributed by atoms with Crippen LogP contribution in [-0.4, -0.2) is 5.66 Å². The molecule has 1 aliphatic carbocycles. The minimum Gasteiger partial charge on any atom is -0.464 e. The van der Waals surface area contributed by atoms with Crippen LogP contribution in [0.5, 0.6) is 0 Å². The second kappa shape index (κ2) is 4.23. The Morgan fingerprint density at radius 2 is 1.94 bits per heavy atom. The van der Waals surface area contributed by atoms with E-state index in [1.54, 1.807) is 6.26 Å². The highest BCUT2D eigenvalue weighted by Gasteiger charge is 2.43. The van der Waals surface area contributed by atoms with Gasteiger partial charge in [0, 0.05) is 24.1 Å². The van der Waals surface area contributed by atoms with Crippen molar-refractivity contribution in [3.05, 3.63) is 54.1 Å². The van der Waals surface area contributed by atoms with Gasteiger partial charge in [-0.3, -0.25) is 4.85 Å². The first-order valence-corrected chi connectivity index (χ1v) is 6.12. The van der Waals surface area contributed by atoms with Crippen LogP contribution < -0.4 is 5.32 Å². The first-order valence-electron chi connectivity index (χ1n) is 6.12. The first kappa shape index (κ1) is 10.9. The SMILES string of the molecule is [C-]#[N+]C1(Nc2ccc(-c3ccco3)cc2)CCC1. The lowest BCUT2D eigenvalue weighted by atomic mass is 9.85. The molecule has 1 aromatic heterocycles. The Labute approximate surface area is 106 Å². The van der Waals surface area contributed by atoms with E-state index in [9.17, 15) is 0 Å². The molecule has 0 atom stereocenters. The van der Waals surface area contributed by atoms with E-state index >= 15 is 0 Å². The predicted octanol–water partition coefficient (Wildman–Crippen LogP) is 4.16. The molecule has 0 radical (unpaired) electrons. The summed E-state index contributed by atoms with van der Waals surface area (Å²) in [6.07, 6.45) is 4.69. The van der Waals surface area contributed by atoms with Crippen molar-refractivity contribution in [3.8, 4) is 11.3 Å². The minimum atomic E-state index is -0.355. The van der Waals surface area contributed by atoms with Crippen molar-refractivity contribution in [2.24, 2.45) is 0 Å². The molecule has 3 nitrogen and oxygen atoms in total. The molecule has 0 bridgehead atoms. The third-order valence-corrected chi connectivity index (χ3v) is 3.46. The number of anilines is 1. The highest BCUT2D eigenvalue weighted by Crippen LogP contribution is 2.36. The number of hydrogen-bond donors (Lipinski definition) is 1. The Bertz CT molecular complexity index is 560. The van der Waals surface area contributed by atoms with E-state index in [0.29, 0.717) is 0 Å². The lowest BCUT2D eigenvalue weighted by Crippen LogP contribution is -2.41. The molecule has 1 saturated carbocycles. The summed E-state index contributed by atoms with van der Waals surface area (Å²) >= 11 is 0. The standard InChI is InChI=1S/C15H14N2O/c1-16-15(9-3-10-15)17-13-7-5-12(6-8-13)14-4-2-11-18-14/h2,4-8,11,17H,3,9-10H2. The second-order valence-corrected chi connectivity index (χ2v) is 4.68. The van der Waals surface area contributed by atoms with Gasteiger partial charge in [-0.25, -0.2) is 6.57 Å². The molecule has 1 heterocycles. The molecule has 0 saturated heterocycles. The van der Waals surface area contributed by atoms with E-state index in [4.69, 9.17) is 11.0 Å². The summed E-state index contributed by atoms with van der Waals surface area (Å²) in [7, 11) is 0. The molecule has 0 amide bonds. The van der Waals surface area contributed by atoms with E-state index in [2.05, 4.69) is 10.2 Å². The average molecular weight is 238 g/mol. The normalized spacial score (nSPS) is 16.6. The number of benzene rings is 1. The molecule has 0 aliphatic heterocycles. The summed E-state index contributed by atoms with van der Waals surface area (Å²) in [5.41, 5.74) is 1.70. The van der Waals surface area contributed by atoms with Crippen LogP contribution in [0.3, 0.4) is 0 Å². The number of nitrogens with zero attached hydrogens (tertiary/aromatic N) is 1. The van der Waals surface area contributed by atoms with Crippen molar-refractivity contribution in [2.45, 2.75) is 24.9 Å². The lowest BCUT2D eigenvalue weighted by molar-refractivity contribution is 0.343. The molecule has 1 aromatic carbocycles. The molecule has 3 rings (SSSR count). The maximum Gasteiger partial charge on any atom is 0.305 e. The molecular weight excluding hydrogens is 224 g/mol. The smallest absolute Gasteiger partial charge is 0.305 e. The molecule has 0 unspecified atom stereocenters. The Morgan fingerprint density at radius 3 is 2.44 bits per heavy atom. The molecule has 1 aliphatic rings. The van der Waals surface area contributed by atoms with Crippen LogP contribution in [0.1, 0.15) is 19.3 Å². The van der Waals surface area contributed by atoms with Crippen molar-refractivity contribution in [1.29, 1.82) is 0 Å². The quantitative estimate of drug-likeness (QED) is 0.814. The Morgan fingerprint density at radius 1 is 1.17 bits per heavy atom. The van der Waals surface area contributed by atoms with Crippen molar-refractivity contribution >= 4 is 5.69 Å². The van der Waals surface area contributed by atoms with Crippen molar-refractivity contribution in [1.82, 2.24) is 0 Å². The van der Waals surface area contributed by atoms with Crippen molar-refractivity contribution in [3.63, 3.8) is 0 Å². The average Bonchev–Trinajstić information content (AvgIpc) is 2.88. The Kier molecular flexibility index (Phi) is 2.56. The summed E-state index contributed by atoms with van der Waals surface area (Å²) in [6.45, 7) is 7.26. The van der Waals surface area contributed by atoms with Crippen LogP contribution in [-0.2, 0) is 0 Å². The van der Waals surface area contributed by atoms with Gasteiger partial charge in [0.2, 0.25) is 0 Å². The predicted molar refractivity (Wildman–Crippen MR) is 71.0 cm³/mol. The summed E-state index contributed by atoms with van der Waals surface area (Å²) in [5, 5.41) is 3.33. The van der Waals surface area contributed by atoms with Gasteiger partial charge in [-0.1, -0.05) is 0 Å². The Balaban J connectivity index is 1.78. The largest absolute Gasteiger partial charge is 0.464 e. The number of nitrogens with one attached hydrogen (secondary N) is 1. The van der Waals surface area contributed by atoms with Crippen LogP contribution in [0, 0.1) is 6.57 Å². The van der Waals surface area contributed by atoms with Crippen LogP contribution in [0.15, 0.2) is 47.1 Å². The summed E-state index contributed by atoms with van der Waals surface area (Å²) in [5.74, 6) is 0.866. The van der Waals surface area contributed by atoms with E-state index in [0.717, 1.165) is 36.3 Å². The number of hydrogen-bond acceptors (Lipinski definition) is 2. The van der Waals surface area contributed by atoms with E-state index in [1.165, 1.54) is 0 Å². The summed E-state index contributed by atoms with van der Waals surface area (Å²) in [6, 6.07) is 11.8. The van der Waals surface area contributed by atoms with Gasteiger partial charge in [-0.15, -0.1) is 0 Å². The second-order valence-electron chi connectivity index (χ2n) is 4.68. The molecule has 2 aromatic rings. The van der Waals surface area contributed by atoms with Crippen LogP contribution >= 0.6 is 0 Å². The maximum absolute atomic E-state index is 7.26. The van der Waals surface area contributed by atoms with Gasteiger partial charge in [0.1, 0.15) is 5.76 Å². The Hall–Kier alpha value is -2.21. The molecule has 18 heavy (non-hydrogen) atoms. The summed E-state index contributed by atoms with van der Waals surface area (Å²) in [4.78, 5) is 3.71. The van der Waals surface area contributed by atoms with Crippen molar-refractivity contribution in [2.75, 3.05) is 5.32 Å². The van der Waals surface area contributed by atoms with Gasteiger partial charge >= 0.3 is 5.66 Å². The van der Waals surface area contributed by atoms with Gasteiger partial charge in [0.05, 0.1) is 6.26 Å². The monoisotopic (exact) mass is 238 g/mol. The molecule has 90 valence electrons. The van der Waals surface area contributed by atoms with Gasteiger partial charge in [-0.2, -0.15) is 0 Å². The zero-order valence-corrected chi connectivity index (χ0v) is 10.0. The fourth-order valence-electron chi connectivity index (χ4n) is 2.21. The molecule has 1 N–H and O–H groups in total. The zero-order valence-electron chi connectivity index (χ0n) is 10.0. The highest BCUT2D eigenvalue weighted by molar-refractivity contribution is 5.61.